The number of nitrogens with zero attached hydrogens (tertiary/aromatic N) is 1. The fraction of sp³-hybridized carbons (Fsp3) is 0.312. The first-order chi connectivity index (χ1) is 10.2. The third-order valence-corrected chi connectivity index (χ3v) is 4.35. The number of nitrogens with two attached hydrogens (primary N) is 1. The number of hydrogen-bond donors (Lipinski definition) is 1. The topological polar surface area (TPSA) is 55.6 Å². The predicted octanol–water partition coefficient (Wildman–Crippen LogP) is 2.90. The van der Waals surface area contributed by atoms with Gasteiger partial charge in [-0.1, -0.05) is 18.2 Å². The normalized spacial score (nSPS) is 13.9. The molecule has 2 aromatic rings. The Labute approximate surface area is 128 Å². The van der Waals surface area contributed by atoms with E-state index in [1.165, 1.54) is 4.88 Å². The Morgan fingerprint density at radius 2 is 2.10 bits per heavy atom. The SMILES string of the molecule is Nc1ccccc1OCC(=O)N(Cc1cccs1)C1CC1. The minimum absolute atomic E-state index is 0.0224. The molecule has 1 aromatic carbocycles. The van der Waals surface area contributed by atoms with Crippen LogP contribution in [0, 0.1) is 0 Å². The Kier molecular flexibility index (Phi) is 4.10. The number of anilines is 1. The minimum Gasteiger partial charge on any atom is -0.482 e. The van der Waals surface area contributed by atoms with E-state index in [1.807, 2.05) is 28.5 Å². The fourth-order valence-electron chi connectivity index (χ4n) is 2.21. The van der Waals surface area contributed by atoms with Gasteiger partial charge >= 0.3 is 0 Å². The molecule has 0 radical (unpaired) electrons. The van der Waals surface area contributed by atoms with Crippen LogP contribution in [0.2, 0.25) is 0 Å². The fourth-order valence-corrected chi connectivity index (χ4v) is 2.91. The lowest BCUT2D eigenvalue weighted by molar-refractivity contribution is -0.134. The first kappa shape index (κ1) is 13.9. The average Bonchev–Trinajstić information content (AvgIpc) is 3.20. The van der Waals surface area contributed by atoms with Gasteiger partial charge in [0.05, 0.1) is 12.2 Å². The number of ether oxygens (including phenoxy) is 1. The van der Waals surface area contributed by atoms with Gasteiger partial charge in [0.1, 0.15) is 5.75 Å². The van der Waals surface area contributed by atoms with Crippen LogP contribution in [0.4, 0.5) is 5.69 Å². The highest BCUT2D eigenvalue weighted by Gasteiger charge is 2.32. The van der Waals surface area contributed by atoms with Gasteiger partial charge in [-0.15, -0.1) is 11.3 Å². The zero-order valence-corrected chi connectivity index (χ0v) is 12.5. The Morgan fingerprint density at radius 3 is 2.76 bits per heavy atom. The number of amides is 1. The van der Waals surface area contributed by atoms with E-state index in [2.05, 4.69) is 6.07 Å². The van der Waals surface area contributed by atoms with Crippen LogP contribution in [0.15, 0.2) is 41.8 Å². The molecule has 0 saturated heterocycles. The van der Waals surface area contributed by atoms with Gasteiger partial charge in [-0.05, 0) is 36.4 Å². The van der Waals surface area contributed by atoms with Crippen LogP contribution in [0.5, 0.6) is 5.75 Å². The van der Waals surface area contributed by atoms with Crippen molar-refractivity contribution in [2.75, 3.05) is 12.3 Å². The first-order valence-electron chi connectivity index (χ1n) is 7.03. The number of thiophene rings is 1. The molecular formula is C16H18N2O2S. The van der Waals surface area contributed by atoms with Gasteiger partial charge in [0, 0.05) is 10.9 Å². The summed E-state index contributed by atoms with van der Waals surface area (Å²) >= 11 is 1.68. The van der Waals surface area contributed by atoms with E-state index in [9.17, 15) is 4.79 Å². The van der Waals surface area contributed by atoms with Gasteiger partial charge in [0.2, 0.25) is 0 Å². The van der Waals surface area contributed by atoms with E-state index >= 15 is 0 Å². The lowest BCUT2D eigenvalue weighted by Gasteiger charge is -2.22. The number of nitrogen functional groups attached to an aromatic ring is 1. The number of carbonyl (C=O) groups is 1. The number of hydrogen-bond acceptors (Lipinski definition) is 4. The first-order valence-corrected chi connectivity index (χ1v) is 7.91. The van der Waals surface area contributed by atoms with Crippen molar-refractivity contribution in [2.24, 2.45) is 0 Å². The largest absolute Gasteiger partial charge is 0.482 e. The molecule has 1 heterocycles. The van der Waals surface area contributed by atoms with Crippen LogP contribution < -0.4 is 10.5 Å². The van der Waals surface area contributed by atoms with Crippen LogP contribution in [0.25, 0.3) is 0 Å². The third-order valence-electron chi connectivity index (χ3n) is 3.48. The summed E-state index contributed by atoms with van der Waals surface area (Å²) in [5, 5.41) is 2.03. The van der Waals surface area contributed by atoms with Crippen molar-refractivity contribution >= 4 is 22.9 Å². The summed E-state index contributed by atoms with van der Waals surface area (Å²) in [5.74, 6) is 0.590. The van der Waals surface area contributed by atoms with E-state index in [0.717, 1.165) is 12.8 Å². The van der Waals surface area contributed by atoms with E-state index in [-0.39, 0.29) is 12.5 Å². The van der Waals surface area contributed by atoms with Crippen LogP contribution in [-0.4, -0.2) is 23.5 Å². The van der Waals surface area contributed by atoms with E-state index in [1.54, 1.807) is 23.5 Å². The average molecular weight is 302 g/mol. The molecule has 4 nitrogen and oxygen atoms in total. The Hall–Kier alpha value is -2.01. The molecule has 1 aliphatic carbocycles. The molecule has 0 atom stereocenters. The number of para-hydroxylation sites is 2. The molecule has 1 fully saturated rings. The van der Waals surface area contributed by atoms with Gasteiger partial charge in [0.15, 0.2) is 6.61 Å². The maximum atomic E-state index is 12.4. The number of benzene rings is 1. The van der Waals surface area contributed by atoms with Crippen molar-refractivity contribution < 1.29 is 9.53 Å². The standard InChI is InChI=1S/C16H18N2O2S/c17-14-5-1-2-6-15(14)20-11-16(19)18(12-7-8-12)10-13-4-3-9-21-13/h1-6,9,12H,7-8,10-11,17H2. The van der Waals surface area contributed by atoms with Gasteiger partial charge < -0.3 is 15.4 Å². The molecule has 1 aromatic heterocycles. The smallest absolute Gasteiger partial charge is 0.261 e. The molecule has 2 N–H and O–H groups in total. The second-order valence-electron chi connectivity index (χ2n) is 5.16. The highest BCUT2D eigenvalue weighted by atomic mass is 32.1. The molecule has 110 valence electrons. The van der Waals surface area contributed by atoms with Crippen LogP contribution in [-0.2, 0) is 11.3 Å². The Balaban J connectivity index is 1.61. The minimum atomic E-state index is 0.0224. The molecule has 1 amide bonds. The summed E-state index contributed by atoms with van der Waals surface area (Å²) in [5.41, 5.74) is 6.37. The molecule has 21 heavy (non-hydrogen) atoms. The van der Waals surface area contributed by atoms with Crippen LogP contribution in [0.1, 0.15) is 17.7 Å². The quantitative estimate of drug-likeness (QED) is 0.835. The second-order valence-corrected chi connectivity index (χ2v) is 6.19. The summed E-state index contributed by atoms with van der Waals surface area (Å²) in [7, 11) is 0. The van der Waals surface area contributed by atoms with Crippen molar-refractivity contribution in [1.82, 2.24) is 4.90 Å². The predicted molar refractivity (Wildman–Crippen MR) is 84.2 cm³/mol. The van der Waals surface area contributed by atoms with E-state index in [4.69, 9.17) is 10.5 Å². The van der Waals surface area contributed by atoms with Crippen molar-refractivity contribution in [3.05, 3.63) is 46.7 Å². The van der Waals surface area contributed by atoms with Crippen LogP contribution >= 0.6 is 11.3 Å². The van der Waals surface area contributed by atoms with E-state index in [0.29, 0.717) is 24.0 Å². The summed E-state index contributed by atoms with van der Waals surface area (Å²) < 4.78 is 5.56. The van der Waals surface area contributed by atoms with Gasteiger partial charge in [-0.2, -0.15) is 0 Å². The second kappa shape index (κ2) is 6.18. The highest BCUT2D eigenvalue weighted by Crippen LogP contribution is 2.29. The van der Waals surface area contributed by atoms with Crippen molar-refractivity contribution in [3.8, 4) is 5.75 Å². The molecule has 0 aliphatic heterocycles. The maximum absolute atomic E-state index is 12.4. The maximum Gasteiger partial charge on any atom is 0.261 e. The molecule has 0 unspecified atom stereocenters. The highest BCUT2D eigenvalue weighted by molar-refractivity contribution is 7.09. The summed E-state index contributed by atoms with van der Waals surface area (Å²) in [6, 6.07) is 11.7. The molecular weight excluding hydrogens is 284 g/mol. The molecule has 0 bridgehead atoms. The zero-order valence-electron chi connectivity index (χ0n) is 11.7. The number of carbonyl (C=O) groups excluding carboxylic acids is 1. The number of rotatable bonds is 6. The molecule has 3 rings (SSSR count). The van der Waals surface area contributed by atoms with Gasteiger partial charge in [0.25, 0.3) is 5.91 Å². The summed E-state index contributed by atoms with van der Waals surface area (Å²) in [4.78, 5) is 15.5. The third kappa shape index (κ3) is 3.55. The lowest BCUT2D eigenvalue weighted by Crippen LogP contribution is -2.36. The monoisotopic (exact) mass is 302 g/mol. The van der Waals surface area contributed by atoms with Gasteiger partial charge in [-0.25, -0.2) is 0 Å². The molecule has 0 spiro atoms. The van der Waals surface area contributed by atoms with E-state index < -0.39 is 0 Å². The lowest BCUT2D eigenvalue weighted by atomic mass is 10.3. The van der Waals surface area contributed by atoms with Crippen LogP contribution in [0.3, 0.4) is 0 Å². The molecule has 5 heteroatoms. The zero-order chi connectivity index (χ0) is 14.7. The van der Waals surface area contributed by atoms with Gasteiger partial charge in [-0.3, -0.25) is 4.79 Å². The summed E-state index contributed by atoms with van der Waals surface area (Å²) in [6.07, 6.45) is 2.18. The Bertz CT molecular complexity index is 608. The molecule has 1 saturated carbocycles. The van der Waals surface area contributed by atoms with Crippen molar-refractivity contribution in [2.45, 2.75) is 25.4 Å². The Morgan fingerprint density at radius 1 is 1.29 bits per heavy atom. The molecule has 1 aliphatic rings. The van der Waals surface area contributed by atoms with Crippen molar-refractivity contribution in [3.63, 3.8) is 0 Å². The summed E-state index contributed by atoms with van der Waals surface area (Å²) in [6.45, 7) is 0.713. The van der Waals surface area contributed by atoms with Crippen molar-refractivity contribution in [1.29, 1.82) is 0 Å².